The van der Waals surface area contributed by atoms with Crippen molar-refractivity contribution in [1.82, 2.24) is 9.78 Å². The zero-order valence-electron chi connectivity index (χ0n) is 10.7. The Balaban J connectivity index is 2.11. The number of aromatic nitrogens is 2. The van der Waals surface area contributed by atoms with Crippen molar-refractivity contribution in [3.63, 3.8) is 0 Å². The Morgan fingerprint density at radius 1 is 1.28 bits per heavy atom. The maximum atomic E-state index is 6.26. The van der Waals surface area contributed by atoms with Crippen LogP contribution in [0, 0.1) is 3.57 Å². The second-order valence-corrected chi connectivity index (χ2v) is 5.88. The quantitative estimate of drug-likeness (QED) is 0.856. The van der Waals surface area contributed by atoms with Gasteiger partial charge in [0.15, 0.2) is 0 Å². The zero-order chi connectivity index (χ0) is 13.1. The molecule has 0 saturated carbocycles. The molecule has 1 aromatic carbocycles. The highest BCUT2D eigenvalue weighted by atomic mass is 127. The van der Waals surface area contributed by atoms with E-state index in [9.17, 15) is 0 Å². The number of benzene rings is 1. The van der Waals surface area contributed by atoms with Crippen molar-refractivity contribution in [3.05, 3.63) is 51.4 Å². The van der Waals surface area contributed by atoms with Crippen LogP contribution in [0.15, 0.2) is 36.5 Å². The Labute approximate surface area is 122 Å². The number of halogens is 1. The highest BCUT2D eigenvalue weighted by Crippen LogP contribution is 2.21. The van der Waals surface area contributed by atoms with E-state index in [0.717, 1.165) is 12.1 Å². The summed E-state index contributed by atoms with van der Waals surface area (Å²) in [5.41, 5.74) is 8.50. The van der Waals surface area contributed by atoms with Crippen molar-refractivity contribution in [2.75, 3.05) is 0 Å². The molecule has 0 saturated heterocycles. The Bertz CT molecular complexity index is 519. The van der Waals surface area contributed by atoms with Crippen molar-refractivity contribution in [2.45, 2.75) is 32.4 Å². The van der Waals surface area contributed by atoms with E-state index in [1.54, 1.807) is 0 Å². The van der Waals surface area contributed by atoms with Gasteiger partial charge in [0.25, 0.3) is 0 Å². The Morgan fingerprint density at radius 2 is 2.00 bits per heavy atom. The van der Waals surface area contributed by atoms with Crippen LogP contribution in [0.5, 0.6) is 0 Å². The summed E-state index contributed by atoms with van der Waals surface area (Å²) in [6.07, 6.45) is 2.79. The van der Waals surface area contributed by atoms with Crippen molar-refractivity contribution < 1.29 is 0 Å². The summed E-state index contributed by atoms with van der Waals surface area (Å²) in [5.74, 6) is 0. The van der Waals surface area contributed by atoms with Crippen molar-refractivity contribution >= 4 is 22.6 Å². The number of nitrogens with zero attached hydrogens (tertiary/aromatic N) is 2. The molecule has 0 amide bonds. The highest BCUT2D eigenvalue weighted by molar-refractivity contribution is 14.1. The monoisotopic (exact) mass is 355 g/mol. The van der Waals surface area contributed by atoms with Crippen molar-refractivity contribution in [3.8, 4) is 0 Å². The molecule has 1 aromatic heterocycles. The molecule has 0 radical (unpaired) electrons. The van der Waals surface area contributed by atoms with E-state index in [1.807, 2.05) is 23.0 Å². The van der Waals surface area contributed by atoms with Gasteiger partial charge >= 0.3 is 0 Å². The van der Waals surface area contributed by atoms with Gasteiger partial charge < -0.3 is 5.73 Å². The Hall–Kier alpha value is -0.880. The second-order valence-electron chi connectivity index (χ2n) is 4.71. The van der Waals surface area contributed by atoms with Crippen LogP contribution < -0.4 is 5.73 Å². The molecule has 1 atom stereocenters. The minimum Gasteiger partial charge on any atom is -0.324 e. The Kier molecular flexibility index (Phi) is 4.40. The summed E-state index contributed by atoms with van der Waals surface area (Å²) in [7, 11) is 0. The molecular weight excluding hydrogens is 337 g/mol. The summed E-state index contributed by atoms with van der Waals surface area (Å²) in [6, 6.07) is 10.7. The minimum absolute atomic E-state index is 0.00797. The van der Waals surface area contributed by atoms with Gasteiger partial charge in [-0.15, -0.1) is 0 Å². The van der Waals surface area contributed by atoms with Crippen LogP contribution in [0.3, 0.4) is 0 Å². The average molecular weight is 355 g/mol. The van der Waals surface area contributed by atoms with Gasteiger partial charge in [0.05, 0.1) is 5.69 Å². The Morgan fingerprint density at radius 3 is 2.61 bits per heavy atom. The normalized spacial score (nSPS) is 12.9. The lowest BCUT2D eigenvalue weighted by molar-refractivity contribution is 0.522. The van der Waals surface area contributed by atoms with Gasteiger partial charge in [-0.25, -0.2) is 0 Å². The second kappa shape index (κ2) is 5.84. The number of rotatable bonds is 4. The lowest BCUT2D eigenvalue weighted by atomic mass is 10.0. The molecule has 2 N–H and O–H groups in total. The predicted molar refractivity (Wildman–Crippen MR) is 82.4 cm³/mol. The van der Waals surface area contributed by atoms with E-state index < -0.39 is 0 Å². The van der Waals surface area contributed by atoms with Crippen molar-refractivity contribution in [2.24, 2.45) is 5.73 Å². The molecule has 0 bridgehead atoms. The first-order valence-electron chi connectivity index (χ1n) is 6.12. The van der Waals surface area contributed by atoms with Gasteiger partial charge in [-0.05, 0) is 54.1 Å². The fourth-order valence-electron chi connectivity index (χ4n) is 1.88. The number of hydrogen-bond donors (Lipinski definition) is 1. The first-order chi connectivity index (χ1) is 8.58. The van der Waals surface area contributed by atoms with Crippen LogP contribution in [-0.4, -0.2) is 9.78 Å². The van der Waals surface area contributed by atoms with E-state index >= 15 is 0 Å². The van der Waals surface area contributed by atoms with E-state index in [1.165, 1.54) is 9.13 Å². The summed E-state index contributed by atoms with van der Waals surface area (Å²) in [4.78, 5) is 0. The van der Waals surface area contributed by atoms with Gasteiger partial charge in [0.1, 0.15) is 0 Å². The molecule has 18 heavy (non-hydrogen) atoms. The van der Waals surface area contributed by atoms with Crippen LogP contribution >= 0.6 is 22.6 Å². The molecule has 0 aliphatic heterocycles. The molecule has 0 aliphatic carbocycles. The fourth-order valence-corrected chi connectivity index (χ4v) is 2.67. The molecule has 1 heterocycles. The summed E-state index contributed by atoms with van der Waals surface area (Å²) < 4.78 is 3.18. The average Bonchev–Trinajstić information content (AvgIpc) is 2.78. The van der Waals surface area contributed by atoms with Crippen LogP contribution in [0.4, 0.5) is 0 Å². The van der Waals surface area contributed by atoms with E-state index in [-0.39, 0.29) is 6.04 Å². The SMILES string of the molecule is CC(C)n1ccc(CC(N)c2ccccc2I)n1. The van der Waals surface area contributed by atoms with Gasteiger partial charge in [-0.1, -0.05) is 18.2 Å². The molecule has 96 valence electrons. The fraction of sp³-hybridized carbons (Fsp3) is 0.357. The lowest BCUT2D eigenvalue weighted by Gasteiger charge is -2.12. The minimum atomic E-state index is 0.00797. The van der Waals surface area contributed by atoms with Crippen LogP contribution in [-0.2, 0) is 6.42 Å². The first-order valence-corrected chi connectivity index (χ1v) is 7.20. The zero-order valence-corrected chi connectivity index (χ0v) is 12.8. The smallest absolute Gasteiger partial charge is 0.0643 e. The molecule has 0 spiro atoms. The predicted octanol–water partition coefficient (Wildman–Crippen LogP) is 3.31. The third-order valence-corrected chi connectivity index (χ3v) is 3.91. The molecule has 0 aliphatic rings. The molecule has 2 rings (SSSR count). The van der Waals surface area contributed by atoms with Gasteiger partial charge in [0, 0.05) is 28.3 Å². The molecule has 3 nitrogen and oxygen atoms in total. The van der Waals surface area contributed by atoms with Crippen molar-refractivity contribution in [1.29, 1.82) is 0 Å². The largest absolute Gasteiger partial charge is 0.324 e. The molecule has 0 fully saturated rings. The third-order valence-electron chi connectivity index (χ3n) is 2.93. The first kappa shape index (κ1) is 13.5. The summed E-state index contributed by atoms with van der Waals surface area (Å²) in [5, 5.41) is 4.54. The molecule has 2 aromatic rings. The van der Waals surface area contributed by atoms with E-state index in [0.29, 0.717) is 6.04 Å². The number of hydrogen-bond acceptors (Lipinski definition) is 2. The maximum Gasteiger partial charge on any atom is 0.0643 e. The molecular formula is C14H18IN3. The van der Waals surface area contributed by atoms with E-state index in [4.69, 9.17) is 5.73 Å². The summed E-state index contributed by atoms with van der Waals surface area (Å²) >= 11 is 2.33. The third kappa shape index (κ3) is 3.11. The topological polar surface area (TPSA) is 43.8 Å². The molecule has 1 unspecified atom stereocenters. The van der Waals surface area contributed by atoms with Crippen LogP contribution in [0.2, 0.25) is 0 Å². The molecule has 4 heteroatoms. The van der Waals surface area contributed by atoms with E-state index in [2.05, 4.69) is 59.7 Å². The van der Waals surface area contributed by atoms with Gasteiger partial charge in [-0.2, -0.15) is 5.10 Å². The number of nitrogens with two attached hydrogens (primary N) is 1. The standard InChI is InChI=1S/C14H18IN3/c1-10(2)18-8-7-11(17-18)9-14(16)12-5-3-4-6-13(12)15/h3-8,10,14H,9,16H2,1-2H3. The van der Waals surface area contributed by atoms with Gasteiger partial charge in [-0.3, -0.25) is 4.68 Å². The maximum absolute atomic E-state index is 6.26. The van der Waals surface area contributed by atoms with Gasteiger partial charge in [0.2, 0.25) is 0 Å². The van der Waals surface area contributed by atoms with Crippen LogP contribution in [0.1, 0.15) is 37.2 Å². The summed E-state index contributed by atoms with van der Waals surface area (Å²) in [6.45, 7) is 4.24. The highest BCUT2D eigenvalue weighted by Gasteiger charge is 2.12. The lowest BCUT2D eigenvalue weighted by Crippen LogP contribution is -2.15. The van der Waals surface area contributed by atoms with Crippen LogP contribution in [0.25, 0.3) is 0 Å².